The van der Waals surface area contributed by atoms with Crippen LogP contribution in [0, 0.1) is 0 Å². The van der Waals surface area contributed by atoms with Crippen LogP contribution in [0.4, 0.5) is 4.79 Å². The summed E-state index contributed by atoms with van der Waals surface area (Å²) >= 11 is 1.01. The third-order valence-corrected chi connectivity index (χ3v) is 4.93. The first kappa shape index (κ1) is 22.6. The molecule has 0 aliphatic heterocycles. The van der Waals surface area contributed by atoms with Gasteiger partial charge in [0, 0.05) is 25.6 Å². The summed E-state index contributed by atoms with van der Waals surface area (Å²) in [6.45, 7) is 9.28. The minimum atomic E-state index is -0.591. The Morgan fingerprint density at radius 3 is 2.28 bits per heavy atom. The lowest BCUT2D eigenvalue weighted by atomic mass is 9.96. The fourth-order valence-electron chi connectivity index (χ4n) is 2.46. The van der Waals surface area contributed by atoms with E-state index in [1.807, 2.05) is 20.8 Å². The number of nitrogens with zero attached hydrogens (tertiary/aromatic N) is 4. The van der Waals surface area contributed by atoms with E-state index < -0.39 is 28.6 Å². The van der Waals surface area contributed by atoms with Gasteiger partial charge in [-0.15, -0.1) is 0 Å². The van der Waals surface area contributed by atoms with Crippen LogP contribution in [0.5, 0.6) is 0 Å². The minimum Gasteiger partial charge on any atom is -0.336 e. The van der Waals surface area contributed by atoms with Crippen LogP contribution in [0.2, 0.25) is 0 Å². The van der Waals surface area contributed by atoms with Gasteiger partial charge in [-0.25, -0.2) is 19.6 Å². The molecule has 0 fully saturated rings. The van der Waals surface area contributed by atoms with Crippen molar-refractivity contribution < 1.29 is 9.59 Å². The molecule has 0 bridgehead atoms. The molecule has 0 spiro atoms. The number of amides is 3. The van der Waals surface area contributed by atoms with Crippen molar-refractivity contribution in [3.05, 3.63) is 26.7 Å². The maximum atomic E-state index is 12.7. The fraction of sp³-hybridized carbons (Fsp3) is 0.556. The average molecular weight is 423 g/mol. The molecule has 0 saturated carbocycles. The second-order valence-corrected chi connectivity index (χ2v) is 8.94. The lowest BCUT2D eigenvalue weighted by Gasteiger charge is -2.19. The maximum Gasteiger partial charge on any atom is 0.332 e. The van der Waals surface area contributed by atoms with Gasteiger partial charge >= 0.3 is 11.7 Å². The molecule has 0 aliphatic rings. The Labute approximate surface area is 172 Å². The number of rotatable bonds is 4. The zero-order valence-corrected chi connectivity index (χ0v) is 18.4. The number of urea groups is 1. The number of fused-ring (bicyclic) bond motifs is 1. The van der Waals surface area contributed by atoms with Gasteiger partial charge in [-0.3, -0.25) is 24.0 Å². The lowest BCUT2D eigenvalue weighted by Crippen LogP contribution is -2.43. The van der Waals surface area contributed by atoms with Gasteiger partial charge in [-0.05, 0) is 13.8 Å². The van der Waals surface area contributed by atoms with E-state index in [4.69, 9.17) is 0 Å². The normalized spacial score (nSPS) is 11.7. The number of aromatic nitrogens is 4. The van der Waals surface area contributed by atoms with Gasteiger partial charge < -0.3 is 5.32 Å². The van der Waals surface area contributed by atoms with E-state index in [1.165, 1.54) is 18.7 Å². The van der Waals surface area contributed by atoms with Gasteiger partial charge in [0.25, 0.3) is 5.56 Å². The van der Waals surface area contributed by atoms with Crippen LogP contribution in [-0.4, -0.2) is 42.8 Å². The van der Waals surface area contributed by atoms with Crippen LogP contribution in [-0.2, 0) is 24.3 Å². The number of thioether (sulfide) groups is 1. The van der Waals surface area contributed by atoms with Crippen LogP contribution in [0.3, 0.4) is 0 Å². The first-order valence-electron chi connectivity index (χ1n) is 9.04. The zero-order chi connectivity index (χ0) is 22.1. The molecule has 2 aromatic heterocycles. The molecule has 11 heteroatoms. The Morgan fingerprint density at radius 2 is 1.72 bits per heavy atom. The largest absolute Gasteiger partial charge is 0.336 e. The van der Waals surface area contributed by atoms with Crippen LogP contribution in [0.1, 0.15) is 40.4 Å². The van der Waals surface area contributed by atoms with Gasteiger partial charge in [-0.1, -0.05) is 32.5 Å². The van der Waals surface area contributed by atoms with Crippen molar-refractivity contribution >= 4 is 34.7 Å². The van der Waals surface area contributed by atoms with Crippen molar-refractivity contribution in [3.8, 4) is 0 Å². The highest BCUT2D eigenvalue weighted by molar-refractivity contribution is 8.00. The highest BCUT2D eigenvalue weighted by Crippen LogP contribution is 2.26. The van der Waals surface area contributed by atoms with Crippen LogP contribution in [0.15, 0.2) is 14.6 Å². The summed E-state index contributed by atoms with van der Waals surface area (Å²) in [6, 6.07) is -0.702. The van der Waals surface area contributed by atoms with Gasteiger partial charge in [-0.2, -0.15) is 0 Å². The summed E-state index contributed by atoms with van der Waals surface area (Å²) < 4.78 is 2.26. The summed E-state index contributed by atoms with van der Waals surface area (Å²) in [5.41, 5.74) is -1.28. The van der Waals surface area contributed by atoms with Crippen molar-refractivity contribution in [1.29, 1.82) is 0 Å². The van der Waals surface area contributed by atoms with Crippen LogP contribution >= 0.6 is 11.8 Å². The highest BCUT2D eigenvalue weighted by Gasteiger charge is 2.24. The quantitative estimate of drug-likeness (QED) is 0.547. The first-order valence-corrected chi connectivity index (χ1v) is 10.0. The van der Waals surface area contributed by atoms with E-state index in [0.29, 0.717) is 5.82 Å². The van der Waals surface area contributed by atoms with Crippen LogP contribution < -0.4 is 21.9 Å². The molecule has 3 amide bonds. The van der Waals surface area contributed by atoms with E-state index in [0.717, 1.165) is 16.3 Å². The molecular formula is C18H26N6O4S. The lowest BCUT2D eigenvalue weighted by molar-refractivity contribution is -0.117. The van der Waals surface area contributed by atoms with Crippen molar-refractivity contribution in [1.82, 2.24) is 29.7 Å². The van der Waals surface area contributed by atoms with E-state index in [9.17, 15) is 19.2 Å². The first-order chi connectivity index (χ1) is 13.3. The molecule has 0 atom stereocenters. The molecule has 0 radical (unpaired) electrons. The second kappa shape index (κ2) is 8.36. The number of carbonyl (C=O) groups excluding carboxylic acids is 2. The molecule has 2 heterocycles. The number of carbonyl (C=O) groups is 2. The summed E-state index contributed by atoms with van der Waals surface area (Å²) in [5.74, 6) is -0.222. The fourth-order valence-corrected chi connectivity index (χ4v) is 3.28. The van der Waals surface area contributed by atoms with Gasteiger partial charge in [0.2, 0.25) is 5.91 Å². The molecular weight excluding hydrogens is 396 g/mol. The van der Waals surface area contributed by atoms with Crippen molar-refractivity contribution in [3.63, 3.8) is 0 Å². The highest BCUT2D eigenvalue weighted by atomic mass is 32.2. The molecule has 29 heavy (non-hydrogen) atoms. The predicted octanol–water partition coefficient (Wildman–Crippen LogP) is 0.651. The maximum absolute atomic E-state index is 12.7. The molecule has 158 valence electrons. The monoisotopic (exact) mass is 422 g/mol. The molecule has 0 aliphatic carbocycles. The van der Waals surface area contributed by atoms with Crippen molar-refractivity contribution in [2.75, 3.05) is 5.75 Å². The Hall–Kier alpha value is -2.69. The van der Waals surface area contributed by atoms with E-state index in [1.54, 1.807) is 13.8 Å². The van der Waals surface area contributed by atoms with Gasteiger partial charge in [0.15, 0.2) is 5.65 Å². The molecule has 0 aromatic carbocycles. The van der Waals surface area contributed by atoms with Gasteiger partial charge in [0.1, 0.15) is 16.2 Å². The third kappa shape index (κ3) is 5.03. The molecule has 0 saturated heterocycles. The number of imide groups is 1. The summed E-state index contributed by atoms with van der Waals surface area (Å²) in [6.07, 6.45) is 0. The van der Waals surface area contributed by atoms with E-state index in [2.05, 4.69) is 20.6 Å². The molecule has 10 nitrogen and oxygen atoms in total. The molecule has 2 N–H and O–H groups in total. The van der Waals surface area contributed by atoms with Crippen molar-refractivity contribution in [2.45, 2.75) is 51.1 Å². The molecule has 2 rings (SSSR count). The van der Waals surface area contributed by atoms with Gasteiger partial charge in [0.05, 0.1) is 5.75 Å². The summed E-state index contributed by atoms with van der Waals surface area (Å²) in [4.78, 5) is 57.8. The second-order valence-electron chi connectivity index (χ2n) is 7.97. The Kier molecular flexibility index (Phi) is 6.51. The van der Waals surface area contributed by atoms with Crippen molar-refractivity contribution in [2.24, 2.45) is 14.1 Å². The predicted molar refractivity (Wildman–Crippen MR) is 111 cm³/mol. The number of aryl methyl sites for hydroxylation is 1. The Balaban J connectivity index is 2.49. The smallest absolute Gasteiger partial charge is 0.332 e. The zero-order valence-electron chi connectivity index (χ0n) is 17.6. The Bertz CT molecular complexity index is 1080. The van der Waals surface area contributed by atoms with E-state index in [-0.39, 0.29) is 27.9 Å². The summed E-state index contributed by atoms with van der Waals surface area (Å²) in [5, 5.41) is 5.24. The number of hydrogen-bond donors (Lipinski definition) is 2. The standard InChI is InChI=1S/C18H26N6O4S/c1-9(2)19-16(27)20-10(25)8-29-13-11-12(21-15(22-13)18(3,4)5)23(6)17(28)24(7)14(11)26/h9H,8H2,1-7H3,(H2,19,20,25,27). The molecule has 2 aromatic rings. The van der Waals surface area contributed by atoms with E-state index >= 15 is 0 Å². The average Bonchev–Trinajstić information content (AvgIpc) is 2.60. The van der Waals surface area contributed by atoms with Crippen LogP contribution in [0.25, 0.3) is 11.0 Å². The minimum absolute atomic E-state index is 0.111. The Morgan fingerprint density at radius 1 is 1.10 bits per heavy atom. The topological polar surface area (TPSA) is 128 Å². The molecule has 0 unspecified atom stereocenters. The summed E-state index contributed by atoms with van der Waals surface area (Å²) in [7, 11) is 2.90. The number of nitrogens with one attached hydrogen (secondary N) is 2. The third-order valence-electron chi connectivity index (χ3n) is 3.95. The number of hydrogen-bond acceptors (Lipinski definition) is 7. The SMILES string of the molecule is CC(C)NC(=O)NC(=O)CSc1nc(C(C)(C)C)nc2c1c(=O)n(C)c(=O)n2C.